The quantitative estimate of drug-likeness (QED) is 0.264. The first-order valence-corrected chi connectivity index (χ1v) is 5.07. The molecule has 0 spiro atoms. The van der Waals surface area contributed by atoms with E-state index in [1.807, 2.05) is 0 Å². The molecule has 0 aromatic heterocycles. The number of hydrazone groups is 1. The Bertz CT molecular complexity index is 178. The lowest BCUT2D eigenvalue weighted by Crippen LogP contribution is -2.38. The predicted octanol–water partition coefficient (Wildman–Crippen LogP) is 0.938. The van der Waals surface area contributed by atoms with Crippen LogP contribution in [0.2, 0.25) is 0 Å². The topological polar surface area (TPSA) is 76.4 Å². The molecule has 76 valence electrons. The first-order valence-electron chi connectivity index (χ1n) is 5.07. The maximum atomic E-state index is 5.36. The second-order valence-electron chi connectivity index (χ2n) is 3.74. The standard InChI is InChI=1S/C9H20N4/c1-2-4-7-5-3-6-8(7)9(12-10)13-11/h7-8H,2-6,10-11H2,1H3,(H,12,13). The van der Waals surface area contributed by atoms with E-state index in [4.69, 9.17) is 11.7 Å². The number of nitrogens with one attached hydrogen (secondary N) is 1. The summed E-state index contributed by atoms with van der Waals surface area (Å²) in [6, 6.07) is 0. The molecule has 0 saturated heterocycles. The van der Waals surface area contributed by atoms with E-state index in [2.05, 4.69) is 17.5 Å². The average Bonchev–Trinajstić information content (AvgIpc) is 2.57. The van der Waals surface area contributed by atoms with E-state index in [0.29, 0.717) is 5.92 Å². The molecule has 0 radical (unpaired) electrons. The Balaban J connectivity index is 2.56. The molecule has 4 nitrogen and oxygen atoms in total. The van der Waals surface area contributed by atoms with Crippen LogP contribution in [-0.2, 0) is 0 Å². The minimum atomic E-state index is 0.468. The summed E-state index contributed by atoms with van der Waals surface area (Å²) >= 11 is 0. The van der Waals surface area contributed by atoms with Gasteiger partial charge in [0.2, 0.25) is 0 Å². The molecule has 13 heavy (non-hydrogen) atoms. The molecule has 0 aromatic carbocycles. The van der Waals surface area contributed by atoms with Gasteiger partial charge in [-0.15, -0.1) is 0 Å². The van der Waals surface area contributed by atoms with Crippen molar-refractivity contribution in [1.82, 2.24) is 5.43 Å². The van der Waals surface area contributed by atoms with Gasteiger partial charge in [0.1, 0.15) is 5.84 Å². The van der Waals surface area contributed by atoms with Gasteiger partial charge in [0.15, 0.2) is 0 Å². The summed E-state index contributed by atoms with van der Waals surface area (Å²) in [5.74, 6) is 12.6. The summed E-state index contributed by atoms with van der Waals surface area (Å²) in [5, 5.41) is 3.70. The minimum absolute atomic E-state index is 0.468. The molecular formula is C9H20N4. The van der Waals surface area contributed by atoms with Gasteiger partial charge in [-0.05, 0) is 18.8 Å². The van der Waals surface area contributed by atoms with E-state index in [-0.39, 0.29) is 0 Å². The van der Waals surface area contributed by atoms with Crippen molar-refractivity contribution in [2.75, 3.05) is 0 Å². The number of nitrogens with zero attached hydrogens (tertiary/aromatic N) is 1. The van der Waals surface area contributed by atoms with E-state index in [1.54, 1.807) is 0 Å². The van der Waals surface area contributed by atoms with Crippen molar-refractivity contribution >= 4 is 5.84 Å². The number of nitrogens with two attached hydrogens (primary N) is 2. The third-order valence-corrected chi connectivity index (χ3v) is 2.96. The SMILES string of the molecule is CCCC1CCCC1/C(=N/N)NN. The Labute approximate surface area is 79.7 Å². The van der Waals surface area contributed by atoms with Gasteiger partial charge >= 0.3 is 0 Å². The van der Waals surface area contributed by atoms with Gasteiger partial charge in [-0.3, -0.25) is 0 Å². The minimum Gasteiger partial charge on any atom is -0.322 e. The van der Waals surface area contributed by atoms with Gasteiger partial charge in [0.05, 0.1) is 0 Å². The van der Waals surface area contributed by atoms with Crippen LogP contribution in [0.25, 0.3) is 0 Å². The fraction of sp³-hybridized carbons (Fsp3) is 0.889. The van der Waals surface area contributed by atoms with E-state index in [0.717, 1.165) is 11.8 Å². The van der Waals surface area contributed by atoms with Gasteiger partial charge in [-0.25, -0.2) is 5.84 Å². The number of rotatable bonds is 3. The van der Waals surface area contributed by atoms with Crippen molar-refractivity contribution in [1.29, 1.82) is 0 Å². The van der Waals surface area contributed by atoms with Crippen molar-refractivity contribution in [3.63, 3.8) is 0 Å². The van der Waals surface area contributed by atoms with Crippen LogP contribution < -0.4 is 17.1 Å². The highest BCUT2D eigenvalue weighted by Gasteiger charge is 2.30. The van der Waals surface area contributed by atoms with E-state index < -0.39 is 0 Å². The molecule has 1 saturated carbocycles. The highest BCUT2D eigenvalue weighted by atomic mass is 15.3. The fourth-order valence-corrected chi connectivity index (χ4v) is 2.35. The van der Waals surface area contributed by atoms with E-state index >= 15 is 0 Å². The van der Waals surface area contributed by atoms with Crippen LogP contribution in [0.5, 0.6) is 0 Å². The average molecular weight is 184 g/mol. The highest BCUT2D eigenvalue weighted by molar-refractivity contribution is 5.84. The molecule has 0 aliphatic heterocycles. The lowest BCUT2D eigenvalue weighted by molar-refractivity contribution is 0.433. The summed E-state index contributed by atoms with van der Waals surface area (Å²) in [6.07, 6.45) is 6.22. The van der Waals surface area contributed by atoms with Crippen LogP contribution in [0.1, 0.15) is 39.0 Å². The van der Waals surface area contributed by atoms with Crippen molar-refractivity contribution in [2.45, 2.75) is 39.0 Å². The van der Waals surface area contributed by atoms with Gasteiger partial charge < -0.3 is 11.3 Å². The van der Waals surface area contributed by atoms with Crippen LogP contribution >= 0.6 is 0 Å². The summed E-state index contributed by atoms with van der Waals surface area (Å²) in [4.78, 5) is 0. The number of hydrogen-bond donors (Lipinski definition) is 3. The third-order valence-electron chi connectivity index (χ3n) is 2.96. The maximum absolute atomic E-state index is 5.36. The molecule has 0 aromatic rings. The predicted molar refractivity (Wildman–Crippen MR) is 54.7 cm³/mol. The van der Waals surface area contributed by atoms with Crippen molar-refractivity contribution in [2.24, 2.45) is 28.6 Å². The lowest BCUT2D eigenvalue weighted by atomic mass is 9.91. The summed E-state index contributed by atoms with van der Waals surface area (Å²) in [6.45, 7) is 2.21. The molecule has 0 amide bonds. The van der Waals surface area contributed by atoms with Gasteiger partial charge in [0, 0.05) is 5.92 Å². The van der Waals surface area contributed by atoms with Crippen LogP contribution in [0.15, 0.2) is 5.10 Å². The van der Waals surface area contributed by atoms with E-state index in [1.165, 1.54) is 32.1 Å². The third kappa shape index (κ3) is 2.34. The summed E-state index contributed by atoms with van der Waals surface area (Å²) in [5.41, 5.74) is 2.61. The summed E-state index contributed by atoms with van der Waals surface area (Å²) in [7, 11) is 0. The summed E-state index contributed by atoms with van der Waals surface area (Å²) < 4.78 is 0. The number of hydrogen-bond acceptors (Lipinski definition) is 3. The highest BCUT2D eigenvalue weighted by Crippen LogP contribution is 2.35. The number of amidine groups is 1. The van der Waals surface area contributed by atoms with Crippen molar-refractivity contribution in [3.05, 3.63) is 0 Å². The van der Waals surface area contributed by atoms with Crippen LogP contribution in [-0.4, -0.2) is 5.84 Å². The van der Waals surface area contributed by atoms with E-state index in [9.17, 15) is 0 Å². The molecule has 1 fully saturated rings. The molecule has 0 heterocycles. The number of hydrazine groups is 1. The van der Waals surface area contributed by atoms with Gasteiger partial charge in [-0.1, -0.05) is 26.2 Å². The molecule has 2 unspecified atom stereocenters. The Hall–Kier alpha value is -0.770. The van der Waals surface area contributed by atoms with Gasteiger partial charge in [0.25, 0.3) is 0 Å². The second kappa shape index (κ2) is 5.07. The Morgan fingerprint density at radius 1 is 1.54 bits per heavy atom. The smallest absolute Gasteiger partial charge is 0.139 e. The Morgan fingerprint density at radius 2 is 2.31 bits per heavy atom. The normalized spacial score (nSPS) is 29.2. The Morgan fingerprint density at radius 3 is 2.85 bits per heavy atom. The second-order valence-corrected chi connectivity index (χ2v) is 3.74. The van der Waals surface area contributed by atoms with Crippen LogP contribution in [0.4, 0.5) is 0 Å². The fourth-order valence-electron chi connectivity index (χ4n) is 2.35. The first kappa shape index (κ1) is 10.3. The maximum Gasteiger partial charge on any atom is 0.139 e. The largest absolute Gasteiger partial charge is 0.322 e. The van der Waals surface area contributed by atoms with Crippen LogP contribution in [0, 0.1) is 11.8 Å². The molecule has 1 aliphatic rings. The molecule has 2 atom stereocenters. The molecule has 1 rings (SSSR count). The Kier molecular flexibility index (Phi) is 4.02. The zero-order valence-corrected chi connectivity index (χ0v) is 8.29. The van der Waals surface area contributed by atoms with Crippen LogP contribution in [0.3, 0.4) is 0 Å². The molecule has 4 heteroatoms. The lowest BCUT2D eigenvalue weighted by Gasteiger charge is -2.19. The molecule has 1 aliphatic carbocycles. The first-order chi connectivity index (χ1) is 6.33. The molecular weight excluding hydrogens is 164 g/mol. The van der Waals surface area contributed by atoms with Crippen molar-refractivity contribution in [3.8, 4) is 0 Å². The monoisotopic (exact) mass is 184 g/mol. The zero-order valence-electron chi connectivity index (χ0n) is 8.29. The zero-order chi connectivity index (χ0) is 9.68. The molecule has 0 bridgehead atoms. The van der Waals surface area contributed by atoms with Crippen molar-refractivity contribution < 1.29 is 0 Å². The van der Waals surface area contributed by atoms with Gasteiger partial charge in [-0.2, -0.15) is 5.10 Å². The molecule has 5 N–H and O–H groups in total.